The van der Waals surface area contributed by atoms with E-state index in [9.17, 15) is 9.59 Å². The van der Waals surface area contributed by atoms with Gasteiger partial charge in [0.05, 0.1) is 0 Å². The van der Waals surface area contributed by atoms with Gasteiger partial charge < -0.3 is 0 Å². The van der Waals surface area contributed by atoms with Gasteiger partial charge in [0.15, 0.2) is 0 Å². The SMILES string of the molecule is O=C1CCCCC(=O)N1CCCBr. The maximum absolute atomic E-state index is 11.4. The highest BCUT2D eigenvalue weighted by Crippen LogP contribution is 2.12. The number of amides is 2. The molecule has 0 bridgehead atoms. The second-order valence-electron chi connectivity index (χ2n) is 3.19. The van der Waals surface area contributed by atoms with Crippen LogP contribution in [0.1, 0.15) is 32.1 Å². The van der Waals surface area contributed by atoms with Crippen LogP contribution < -0.4 is 0 Å². The Morgan fingerprint density at radius 1 is 1.15 bits per heavy atom. The van der Waals surface area contributed by atoms with Crippen molar-refractivity contribution in [3.63, 3.8) is 0 Å². The zero-order valence-corrected chi connectivity index (χ0v) is 9.18. The second-order valence-corrected chi connectivity index (χ2v) is 3.98. The van der Waals surface area contributed by atoms with Crippen LogP contribution in [-0.2, 0) is 9.59 Å². The maximum atomic E-state index is 11.4. The Balaban J connectivity index is 2.53. The van der Waals surface area contributed by atoms with Crippen molar-refractivity contribution in [2.75, 3.05) is 11.9 Å². The van der Waals surface area contributed by atoms with E-state index in [-0.39, 0.29) is 11.8 Å². The molecule has 0 aromatic carbocycles. The summed E-state index contributed by atoms with van der Waals surface area (Å²) in [6.45, 7) is 0.572. The van der Waals surface area contributed by atoms with Crippen LogP contribution in [0.4, 0.5) is 0 Å². The van der Waals surface area contributed by atoms with Gasteiger partial charge in [-0.15, -0.1) is 0 Å². The first-order chi connectivity index (χ1) is 6.25. The van der Waals surface area contributed by atoms with E-state index in [2.05, 4.69) is 15.9 Å². The molecule has 1 fully saturated rings. The van der Waals surface area contributed by atoms with Crippen LogP contribution in [0, 0.1) is 0 Å². The molecule has 1 heterocycles. The summed E-state index contributed by atoms with van der Waals surface area (Å²) in [5.41, 5.74) is 0. The molecule has 0 spiro atoms. The van der Waals surface area contributed by atoms with Gasteiger partial charge in [-0.05, 0) is 19.3 Å². The zero-order valence-electron chi connectivity index (χ0n) is 7.59. The summed E-state index contributed by atoms with van der Waals surface area (Å²) in [4.78, 5) is 24.3. The van der Waals surface area contributed by atoms with E-state index in [0.29, 0.717) is 19.4 Å². The van der Waals surface area contributed by atoms with Gasteiger partial charge in [-0.1, -0.05) is 15.9 Å². The van der Waals surface area contributed by atoms with Gasteiger partial charge in [0, 0.05) is 24.7 Å². The molecule has 4 heteroatoms. The Kier molecular flexibility index (Phi) is 4.42. The molecule has 1 saturated heterocycles. The first-order valence-corrected chi connectivity index (χ1v) is 5.77. The van der Waals surface area contributed by atoms with Crippen LogP contribution >= 0.6 is 15.9 Å². The van der Waals surface area contributed by atoms with Crippen molar-refractivity contribution in [1.82, 2.24) is 4.90 Å². The van der Waals surface area contributed by atoms with Crippen molar-refractivity contribution in [2.45, 2.75) is 32.1 Å². The molecule has 13 heavy (non-hydrogen) atoms. The van der Waals surface area contributed by atoms with E-state index in [1.54, 1.807) is 0 Å². The van der Waals surface area contributed by atoms with Crippen molar-refractivity contribution < 1.29 is 9.59 Å². The van der Waals surface area contributed by atoms with Crippen molar-refractivity contribution >= 4 is 27.7 Å². The third kappa shape index (κ3) is 3.10. The summed E-state index contributed by atoms with van der Waals surface area (Å²) in [7, 11) is 0. The molecule has 0 N–H and O–H groups in total. The average Bonchev–Trinajstić information content (AvgIpc) is 2.26. The largest absolute Gasteiger partial charge is 0.283 e. The Bertz CT molecular complexity index is 188. The highest BCUT2D eigenvalue weighted by Gasteiger charge is 2.22. The highest BCUT2D eigenvalue weighted by atomic mass is 79.9. The Morgan fingerprint density at radius 3 is 2.15 bits per heavy atom. The number of carbonyl (C=O) groups is 2. The standard InChI is InChI=1S/C9H14BrNO2/c10-6-3-7-11-8(12)4-1-2-5-9(11)13/h1-7H2. The number of hydrogen-bond donors (Lipinski definition) is 0. The smallest absolute Gasteiger partial charge is 0.229 e. The summed E-state index contributed by atoms with van der Waals surface area (Å²) < 4.78 is 0. The molecule has 0 atom stereocenters. The van der Waals surface area contributed by atoms with Crippen molar-refractivity contribution in [2.24, 2.45) is 0 Å². The molecular weight excluding hydrogens is 234 g/mol. The monoisotopic (exact) mass is 247 g/mol. The van der Waals surface area contributed by atoms with E-state index in [1.807, 2.05) is 0 Å². The molecule has 0 aliphatic carbocycles. The molecule has 1 aliphatic rings. The molecule has 0 aromatic heterocycles. The van der Waals surface area contributed by atoms with E-state index < -0.39 is 0 Å². The number of nitrogens with zero attached hydrogens (tertiary/aromatic N) is 1. The fraction of sp³-hybridized carbons (Fsp3) is 0.778. The van der Waals surface area contributed by atoms with E-state index in [1.165, 1.54) is 4.90 Å². The number of likely N-dealkylation sites (tertiary alicyclic amines) is 1. The van der Waals surface area contributed by atoms with Crippen LogP contribution in [0.2, 0.25) is 0 Å². The van der Waals surface area contributed by atoms with Crippen LogP contribution in [0.5, 0.6) is 0 Å². The van der Waals surface area contributed by atoms with E-state index in [0.717, 1.165) is 24.6 Å². The topological polar surface area (TPSA) is 37.4 Å². The summed E-state index contributed by atoms with van der Waals surface area (Å²) in [5, 5.41) is 0.837. The number of rotatable bonds is 3. The maximum Gasteiger partial charge on any atom is 0.229 e. The molecule has 0 saturated carbocycles. The van der Waals surface area contributed by atoms with Gasteiger partial charge in [-0.25, -0.2) is 0 Å². The van der Waals surface area contributed by atoms with Crippen LogP contribution in [0.3, 0.4) is 0 Å². The highest BCUT2D eigenvalue weighted by molar-refractivity contribution is 9.09. The summed E-state index contributed by atoms with van der Waals surface area (Å²) in [6.07, 6.45) is 3.63. The minimum absolute atomic E-state index is 0.00319. The Morgan fingerprint density at radius 2 is 1.69 bits per heavy atom. The lowest BCUT2D eigenvalue weighted by atomic mass is 10.2. The first kappa shape index (κ1) is 10.7. The number of hydrogen-bond acceptors (Lipinski definition) is 2. The molecular formula is C9H14BrNO2. The molecule has 0 radical (unpaired) electrons. The Hall–Kier alpha value is -0.380. The summed E-state index contributed by atoms with van der Waals surface area (Å²) >= 11 is 3.29. The molecule has 74 valence electrons. The normalized spacial score (nSPS) is 19.0. The van der Waals surface area contributed by atoms with Crippen LogP contribution in [-0.4, -0.2) is 28.6 Å². The van der Waals surface area contributed by atoms with Crippen LogP contribution in [0.15, 0.2) is 0 Å². The van der Waals surface area contributed by atoms with Gasteiger partial charge in [-0.3, -0.25) is 14.5 Å². The van der Waals surface area contributed by atoms with Gasteiger partial charge in [0.1, 0.15) is 0 Å². The fourth-order valence-electron chi connectivity index (χ4n) is 1.43. The van der Waals surface area contributed by atoms with Gasteiger partial charge in [-0.2, -0.15) is 0 Å². The van der Waals surface area contributed by atoms with Crippen LogP contribution in [0.25, 0.3) is 0 Å². The lowest BCUT2D eigenvalue weighted by molar-refractivity contribution is -0.143. The predicted octanol–water partition coefficient (Wildman–Crippen LogP) is 1.70. The molecule has 1 rings (SSSR count). The summed E-state index contributed by atoms with van der Waals surface area (Å²) in [6, 6.07) is 0. The summed E-state index contributed by atoms with van der Waals surface area (Å²) in [5.74, 6) is 0.00639. The lowest BCUT2D eigenvalue weighted by Gasteiger charge is -2.17. The minimum atomic E-state index is 0.00319. The van der Waals surface area contributed by atoms with E-state index >= 15 is 0 Å². The van der Waals surface area contributed by atoms with E-state index in [4.69, 9.17) is 0 Å². The third-order valence-electron chi connectivity index (χ3n) is 2.15. The lowest BCUT2D eigenvalue weighted by Crippen LogP contribution is -2.36. The average molecular weight is 248 g/mol. The van der Waals surface area contributed by atoms with Gasteiger partial charge in [0.25, 0.3) is 0 Å². The van der Waals surface area contributed by atoms with Gasteiger partial charge in [0.2, 0.25) is 11.8 Å². The number of imide groups is 1. The Labute approximate surface area is 86.6 Å². The molecule has 2 amide bonds. The van der Waals surface area contributed by atoms with Gasteiger partial charge >= 0.3 is 0 Å². The first-order valence-electron chi connectivity index (χ1n) is 4.65. The third-order valence-corrected chi connectivity index (χ3v) is 2.71. The number of halogens is 1. The van der Waals surface area contributed by atoms with Crippen molar-refractivity contribution in [3.8, 4) is 0 Å². The predicted molar refractivity (Wildman–Crippen MR) is 53.6 cm³/mol. The molecule has 0 aromatic rings. The number of carbonyl (C=O) groups excluding carboxylic acids is 2. The quantitative estimate of drug-likeness (QED) is 0.563. The molecule has 0 unspecified atom stereocenters. The number of alkyl halides is 1. The minimum Gasteiger partial charge on any atom is -0.283 e. The van der Waals surface area contributed by atoms with Crippen molar-refractivity contribution in [3.05, 3.63) is 0 Å². The van der Waals surface area contributed by atoms with Crippen molar-refractivity contribution in [1.29, 1.82) is 0 Å². The molecule has 3 nitrogen and oxygen atoms in total. The molecule has 1 aliphatic heterocycles. The zero-order chi connectivity index (χ0) is 9.68. The second kappa shape index (κ2) is 5.37. The fourth-order valence-corrected chi connectivity index (χ4v) is 1.68.